The van der Waals surface area contributed by atoms with Gasteiger partial charge in [-0.1, -0.05) is 134 Å². The third-order valence-electron chi connectivity index (χ3n) is 4.32. The van der Waals surface area contributed by atoms with Crippen LogP contribution >= 0.6 is 0 Å². The first-order valence-electron chi connectivity index (χ1n) is 10.8. The van der Waals surface area contributed by atoms with Crippen molar-refractivity contribution in [3.8, 4) is 12.1 Å². The molecule has 0 spiro atoms. The molecular formula is C32H26N2. The summed E-state index contributed by atoms with van der Waals surface area (Å²) in [5.41, 5.74) is 3.20. The van der Waals surface area contributed by atoms with Gasteiger partial charge in [-0.15, -0.1) is 0 Å². The first-order valence-corrected chi connectivity index (χ1v) is 10.8. The quantitative estimate of drug-likeness (QED) is 0.278. The first kappa shape index (κ1) is 25.3. The van der Waals surface area contributed by atoms with Gasteiger partial charge < -0.3 is 0 Å². The minimum absolute atomic E-state index is 0.459. The smallest absolute Gasteiger partial charge is 0.0991 e. The first-order chi connectivity index (χ1) is 16.8. The third-order valence-corrected chi connectivity index (χ3v) is 4.32. The van der Waals surface area contributed by atoms with Gasteiger partial charge in [0.05, 0.1) is 23.3 Å². The van der Waals surface area contributed by atoms with Crippen LogP contribution in [0.1, 0.15) is 11.1 Å². The molecule has 0 aliphatic heterocycles. The normalized spacial score (nSPS) is 13.4. The fraction of sp³-hybridized carbons (Fsp3) is 0. The molecule has 0 radical (unpaired) electrons. The monoisotopic (exact) mass is 438 g/mol. The maximum absolute atomic E-state index is 9.29. The molecule has 2 aromatic carbocycles. The average Bonchev–Trinajstić information content (AvgIpc) is 2.89. The zero-order valence-electron chi connectivity index (χ0n) is 18.9. The van der Waals surface area contributed by atoms with Crippen molar-refractivity contribution in [2.75, 3.05) is 0 Å². The molecule has 2 nitrogen and oxygen atoms in total. The Labute approximate surface area is 202 Å². The zero-order chi connectivity index (χ0) is 24.1. The fourth-order valence-corrected chi connectivity index (χ4v) is 2.60. The minimum Gasteiger partial charge on any atom is -0.192 e. The van der Waals surface area contributed by atoms with E-state index in [1.54, 1.807) is 36.5 Å². The molecule has 2 aromatic rings. The standard InChI is InChI=1S/C32H26N2/c33-27-31(23-11-5-1-3-9-17-29-19-13-7-14-20-29)25-26-32(28-34)24-12-6-2-4-10-18-30-21-15-8-16-22-30/h1-26H/b3-1+,4-2+,11-5+,12-6+,17-9+,18-10+,26-25+,31-23-,32-24+. The number of hydrogen-bond acceptors (Lipinski definition) is 2. The predicted octanol–water partition coefficient (Wildman–Crippen LogP) is 8.09. The highest BCUT2D eigenvalue weighted by Crippen LogP contribution is 2.04. The van der Waals surface area contributed by atoms with Crippen molar-refractivity contribution in [3.63, 3.8) is 0 Å². The number of nitrogens with zero attached hydrogens (tertiary/aromatic N) is 2. The van der Waals surface area contributed by atoms with Gasteiger partial charge >= 0.3 is 0 Å². The van der Waals surface area contributed by atoms with E-state index < -0.39 is 0 Å². The van der Waals surface area contributed by atoms with Crippen LogP contribution in [-0.2, 0) is 0 Å². The number of rotatable bonds is 10. The molecule has 0 saturated carbocycles. The highest BCUT2D eigenvalue weighted by atomic mass is 14.2. The van der Waals surface area contributed by atoms with Gasteiger partial charge in [-0.05, 0) is 35.4 Å². The maximum atomic E-state index is 9.29. The Bertz CT molecular complexity index is 1130. The van der Waals surface area contributed by atoms with Crippen LogP contribution in [-0.4, -0.2) is 0 Å². The van der Waals surface area contributed by atoms with Crippen LogP contribution in [0.15, 0.2) is 157 Å². The van der Waals surface area contributed by atoms with E-state index in [1.165, 1.54) is 0 Å². The predicted molar refractivity (Wildman–Crippen MR) is 144 cm³/mol. The molecule has 2 heteroatoms. The molecule has 0 saturated heterocycles. The molecule has 2 rings (SSSR count). The summed E-state index contributed by atoms with van der Waals surface area (Å²) < 4.78 is 0. The fourth-order valence-electron chi connectivity index (χ4n) is 2.60. The molecule has 0 fully saturated rings. The molecular weight excluding hydrogens is 412 g/mol. The lowest BCUT2D eigenvalue weighted by molar-refractivity contribution is 1.48. The third kappa shape index (κ3) is 11.5. The Morgan fingerprint density at radius 3 is 1.21 bits per heavy atom. The summed E-state index contributed by atoms with van der Waals surface area (Å²) in [4.78, 5) is 0. The second-order valence-electron chi connectivity index (χ2n) is 6.88. The lowest BCUT2D eigenvalue weighted by Gasteiger charge is -1.88. The summed E-state index contributed by atoms with van der Waals surface area (Å²) in [5.74, 6) is 0. The van der Waals surface area contributed by atoms with Crippen LogP contribution < -0.4 is 0 Å². The number of allylic oxidation sites excluding steroid dienone is 16. The Kier molecular flexibility index (Phi) is 12.5. The van der Waals surface area contributed by atoms with Crippen molar-refractivity contribution >= 4 is 12.2 Å². The highest BCUT2D eigenvalue weighted by molar-refractivity contribution is 5.51. The number of benzene rings is 2. The van der Waals surface area contributed by atoms with Gasteiger partial charge in [0.1, 0.15) is 0 Å². The van der Waals surface area contributed by atoms with Gasteiger partial charge in [0.2, 0.25) is 0 Å². The summed E-state index contributed by atoms with van der Waals surface area (Å²) in [5, 5.41) is 18.6. The number of nitriles is 2. The van der Waals surface area contributed by atoms with Crippen LogP contribution in [0.25, 0.3) is 12.2 Å². The lowest BCUT2D eigenvalue weighted by Crippen LogP contribution is -1.74. The van der Waals surface area contributed by atoms with E-state index in [0.717, 1.165) is 11.1 Å². The summed E-state index contributed by atoms with van der Waals surface area (Å²) in [6.07, 6.45) is 29.5. The molecule has 0 atom stereocenters. The Balaban J connectivity index is 1.84. The topological polar surface area (TPSA) is 47.6 Å². The summed E-state index contributed by atoms with van der Waals surface area (Å²) >= 11 is 0. The van der Waals surface area contributed by atoms with E-state index in [0.29, 0.717) is 11.1 Å². The van der Waals surface area contributed by atoms with Gasteiger partial charge in [-0.25, -0.2) is 0 Å². The lowest BCUT2D eigenvalue weighted by atomic mass is 10.1. The van der Waals surface area contributed by atoms with Gasteiger partial charge in [0.15, 0.2) is 0 Å². The van der Waals surface area contributed by atoms with Crippen molar-refractivity contribution in [1.82, 2.24) is 0 Å². The second kappa shape index (κ2) is 16.7. The van der Waals surface area contributed by atoms with Crippen molar-refractivity contribution in [2.45, 2.75) is 0 Å². The molecule has 34 heavy (non-hydrogen) atoms. The van der Waals surface area contributed by atoms with Crippen LogP contribution in [0.4, 0.5) is 0 Å². The number of hydrogen-bond donors (Lipinski definition) is 0. The van der Waals surface area contributed by atoms with Gasteiger partial charge in [0, 0.05) is 0 Å². The van der Waals surface area contributed by atoms with E-state index in [2.05, 4.69) is 12.1 Å². The van der Waals surface area contributed by atoms with Crippen LogP contribution in [0, 0.1) is 22.7 Å². The largest absolute Gasteiger partial charge is 0.192 e. The van der Waals surface area contributed by atoms with Gasteiger partial charge in [-0.2, -0.15) is 10.5 Å². The molecule has 0 aliphatic rings. The Morgan fingerprint density at radius 1 is 0.471 bits per heavy atom. The van der Waals surface area contributed by atoms with E-state index in [1.807, 2.05) is 121 Å². The molecule has 0 bridgehead atoms. The average molecular weight is 439 g/mol. The van der Waals surface area contributed by atoms with Gasteiger partial charge in [0.25, 0.3) is 0 Å². The molecule has 0 aliphatic carbocycles. The zero-order valence-corrected chi connectivity index (χ0v) is 18.9. The van der Waals surface area contributed by atoms with E-state index in [4.69, 9.17) is 0 Å². The second-order valence-corrected chi connectivity index (χ2v) is 6.88. The molecule has 164 valence electrons. The molecule has 0 unspecified atom stereocenters. The molecule has 0 heterocycles. The molecule has 0 aromatic heterocycles. The van der Waals surface area contributed by atoms with Crippen molar-refractivity contribution in [2.24, 2.45) is 0 Å². The van der Waals surface area contributed by atoms with Crippen LogP contribution in [0.5, 0.6) is 0 Å². The van der Waals surface area contributed by atoms with Crippen molar-refractivity contribution < 1.29 is 0 Å². The molecule has 0 amide bonds. The molecule has 0 N–H and O–H groups in total. The van der Waals surface area contributed by atoms with Crippen LogP contribution in [0.2, 0.25) is 0 Å². The van der Waals surface area contributed by atoms with E-state index in [9.17, 15) is 10.5 Å². The minimum atomic E-state index is 0.459. The Morgan fingerprint density at radius 2 is 0.824 bits per heavy atom. The van der Waals surface area contributed by atoms with Crippen LogP contribution in [0.3, 0.4) is 0 Å². The summed E-state index contributed by atoms with van der Waals surface area (Å²) in [6.45, 7) is 0. The Hall–Kier alpha value is -4.92. The maximum Gasteiger partial charge on any atom is 0.0991 e. The highest BCUT2D eigenvalue weighted by Gasteiger charge is 1.89. The van der Waals surface area contributed by atoms with Crippen molar-refractivity contribution in [3.05, 3.63) is 168 Å². The SMILES string of the molecule is N#CC(=C\C=C\C=C\C=C\c1ccccc1)/C=C/C(C#N)=C\C=C\C=C\C=C\c1ccccc1. The summed E-state index contributed by atoms with van der Waals surface area (Å²) in [6, 6.07) is 24.4. The van der Waals surface area contributed by atoms with Gasteiger partial charge in [-0.3, -0.25) is 0 Å². The van der Waals surface area contributed by atoms with E-state index >= 15 is 0 Å². The summed E-state index contributed by atoms with van der Waals surface area (Å²) in [7, 11) is 0. The van der Waals surface area contributed by atoms with E-state index in [-0.39, 0.29) is 0 Å². The van der Waals surface area contributed by atoms with Crippen molar-refractivity contribution in [1.29, 1.82) is 10.5 Å².